The van der Waals surface area contributed by atoms with E-state index in [-0.39, 0.29) is 0 Å². The van der Waals surface area contributed by atoms with E-state index in [4.69, 9.17) is 14.7 Å². The van der Waals surface area contributed by atoms with E-state index in [1.165, 1.54) is 17.0 Å². The Bertz CT molecular complexity index is 1220. The van der Waals surface area contributed by atoms with Gasteiger partial charge in [-0.3, -0.25) is 0 Å². The van der Waals surface area contributed by atoms with E-state index in [2.05, 4.69) is 35.5 Å². The van der Waals surface area contributed by atoms with Crippen molar-refractivity contribution in [1.29, 1.82) is 0 Å². The molecule has 0 aliphatic carbocycles. The van der Waals surface area contributed by atoms with E-state index in [0.717, 1.165) is 28.0 Å². The maximum Gasteiger partial charge on any atom is 0.344 e. The second-order valence-corrected chi connectivity index (χ2v) is 7.02. The number of carbonyl (C=O) groups is 1. The normalized spacial score (nSPS) is 11.0. The molecule has 0 aliphatic rings. The molecule has 0 amide bonds. The summed E-state index contributed by atoms with van der Waals surface area (Å²) >= 11 is 0. The number of nitrogens with zero attached hydrogens (tertiary/aromatic N) is 1. The third-order valence-corrected chi connectivity index (χ3v) is 4.76. The van der Waals surface area contributed by atoms with Crippen molar-refractivity contribution in [3.05, 3.63) is 102 Å². The number of ether oxygens (including phenoxy) is 1. The SMILES string of the molecule is O=C(O)CO/N=C/c1cccc(-c2ccc(OCc3ccc4ccccc4c3)cc2)c1. The van der Waals surface area contributed by atoms with Gasteiger partial charge in [-0.2, -0.15) is 0 Å². The second-order valence-electron chi connectivity index (χ2n) is 7.02. The molecule has 5 nitrogen and oxygen atoms in total. The van der Waals surface area contributed by atoms with Crippen molar-refractivity contribution < 1.29 is 19.5 Å². The van der Waals surface area contributed by atoms with Gasteiger partial charge in [0.1, 0.15) is 12.4 Å². The highest BCUT2D eigenvalue weighted by Gasteiger charge is 2.02. The van der Waals surface area contributed by atoms with Crippen molar-refractivity contribution >= 4 is 23.0 Å². The minimum Gasteiger partial charge on any atom is -0.489 e. The fraction of sp³-hybridized carbons (Fsp3) is 0.0769. The highest BCUT2D eigenvalue weighted by molar-refractivity contribution is 5.83. The molecule has 4 aromatic carbocycles. The molecule has 0 radical (unpaired) electrons. The molecule has 1 N–H and O–H groups in total. The summed E-state index contributed by atoms with van der Waals surface area (Å²) in [5.74, 6) is -0.259. The molecule has 4 rings (SSSR count). The van der Waals surface area contributed by atoms with Crippen LogP contribution in [-0.2, 0) is 16.2 Å². The predicted octanol–water partition coefficient (Wildman–Crippen LogP) is 5.52. The summed E-state index contributed by atoms with van der Waals surface area (Å²) in [7, 11) is 0. The highest BCUT2D eigenvalue weighted by Crippen LogP contribution is 2.24. The Balaban J connectivity index is 1.39. The standard InChI is InChI=1S/C26H21NO4/c28-26(29)18-31-27-16-19-4-3-7-24(14-19)22-10-12-25(13-11-22)30-17-20-8-9-21-5-1-2-6-23(21)15-20/h1-16H,17-18H2,(H,28,29)/b27-16+. The Morgan fingerprint density at radius 1 is 0.839 bits per heavy atom. The first-order valence-corrected chi connectivity index (χ1v) is 9.85. The third-order valence-electron chi connectivity index (χ3n) is 4.76. The van der Waals surface area contributed by atoms with Crippen molar-refractivity contribution in [2.75, 3.05) is 6.61 Å². The van der Waals surface area contributed by atoms with Crippen LogP contribution in [0.5, 0.6) is 5.75 Å². The summed E-state index contributed by atoms with van der Waals surface area (Å²) in [6.45, 7) is 0.0450. The number of hydrogen-bond donors (Lipinski definition) is 1. The van der Waals surface area contributed by atoms with Gasteiger partial charge in [-0.25, -0.2) is 4.79 Å². The number of carboxylic acid groups (broad SMARTS) is 1. The van der Waals surface area contributed by atoms with Crippen LogP contribution in [0.1, 0.15) is 11.1 Å². The maximum atomic E-state index is 10.4. The minimum absolute atomic E-state index is 0.461. The van der Waals surface area contributed by atoms with Gasteiger partial charge in [0.05, 0.1) is 6.21 Å². The highest BCUT2D eigenvalue weighted by atomic mass is 16.6. The second kappa shape index (κ2) is 9.59. The van der Waals surface area contributed by atoms with E-state index in [0.29, 0.717) is 6.61 Å². The molecule has 0 saturated heterocycles. The van der Waals surface area contributed by atoms with Crippen LogP contribution in [0.3, 0.4) is 0 Å². The number of hydrogen-bond acceptors (Lipinski definition) is 4. The van der Waals surface area contributed by atoms with Gasteiger partial charge in [-0.15, -0.1) is 0 Å². The Hall–Kier alpha value is -4.12. The van der Waals surface area contributed by atoms with Crippen LogP contribution in [-0.4, -0.2) is 23.9 Å². The summed E-state index contributed by atoms with van der Waals surface area (Å²) in [5.41, 5.74) is 4.00. The maximum absolute atomic E-state index is 10.4. The molecule has 0 spiro atoms. The summed E-state index contributed by atoms with van der Waals surface area (Å²) in [4.78, 5) is 15.1. The molecule has 31 heavy (non-hydrogen) atoms. The van der Waals surface area contributed by atoms with Crippen LogP contribution in [0, 0.1) is 0 Å². The van der Waals surface area contributed by atoms with E-state index in [1.54, 1.807) is 0 Å². The summed E-state index contributed by atoms with van der Waals surface area (Å²) in [6, 6.07) is 30.3. The Kier molecular flexibility index (Phi) is 6.24. The van der Waals surface area contributed by atoms with Crippen molar-refractivity contribution in [1.82, 2.24) is 0 Å². The summed E-state index contributed by atoms with van der Waals surface area (Å²) in [5, 5.41) is 14.7. The zero-order valence-electron chi connectivity index (χ0n) is 16.8. The number of oxime groups is 1. The topological polar surface area (TPSA) is 68.1 Å². The van der Waals surface area contributed by atoms with Crippen LogP contribution < -0.4 is 4.74 Å². The van der Waals surface area contributed by atoms with E-state index < -0.39 is 12.6 Å². The lowest BCUT2D eigenvalue weighted by molar-refractivity contribution is -0.142. The smallest absolute Gasteiger partial charge is 0.344 e. The lowest BCUT2D eigenvalue weighted by atomic mass is 10.0. The quantitative estimate of drug-likeness (QED) is 0.306. The average molecular weight is 411 g/mol. The van der Waals surface area contributed by atoms with Crippen LogP contribution >= 0.6 is 0 Å². The molecule has 154 valence electrons. The van der Waals surface area contributed by atoms with E-state index in [9.17, 15) is 4.79 Å². The Morgan fingerprint density at radius 2 is 1.65 bits per heavy atom. The van der Waals surface area contributed by atoms with Gasteiger partial charge in [0.2, 0.25) is 6.61 Å². The van der Waals surface area contributed by atoms with Gasteiger partial charge in [0.15, 0.2) is 0 Å². The Labute approximate surface area is 180 Å². The zero-order chi connectivity index (χ0) is 21.5. The monoisotopic (exact) mass is 411 g/mol. The molecule has 0 bridgehead atoms. The molecule has 0 aliphatic heterocycles. The molecule has 0 unspecified atom stereocenters. The fourth-order valence-electron chi connectivity index (χ4n) is 3.23. The molecule has 0 saturated carbocycles. The van der Waals surface area contributed by atoms with E-state index >= 15 is 0 Å². The number of fused-ring (bicyclic) bond motifs is 1. The van der Waals surface area contributed by atoms with Crippen molar-refractivity contribution in [2.24, 2.45) is 5.16 Å². The summed E-state index contributed by atoms with van der Waals surface area (Å²) < 4.78 is 5.95. The van der Waals surface area contributed by atoms with Gasteiger partial charge in [0.25, 0.3) is 0 Å². The average Bonchev–Trinajstić information content (AvgIpc) is 2.81. The first-order chi connectivity index (χ1) is 15.2. The molecule has 0 fully saturated rings. The lowest BCUT2D eigenvalue weighted by Gasteiger charge is -2.09. The fourth-order valence-corrected chi connectivity index (χ4v) is 3.23. The molecular formula is C26H21NO4. The van der Waals surface area contributed by atoms with Crippen molar-refractivity contribution in [2.45, 2.75) is 6.61 Å². The van der Waals surface area contributed by atoms with E-state index in [1.807, 2.05) is 60.7 Å². The van der Waals surface area contributed by atoms with Crippen LogP contribution in [0.4, 0.5) is 0 Å². The van der Waals surface area contributed by atoms with Crippen molar-refractivity contribution in [3.63, 3.8) is 0 Å². The van der Waals surface area contributed by atoms with Gasteiger partial charge in [-0.1, -0.05) is 71.9 Å². The first kappa shape index (κ1) is 20.2. The van der Waals surface area contributed by atoms with Gasteiger partial charge in [0, 0.05) is 0 Å². The predicted molar refractivity (Wildman–Crippen MR) is 121 cm³/mol. The third kappa shape index (κ3) is 5.48. The first-order valence-electron chi connectivity index (χ1n) is 9.85. The zero-order valence-corrected chi connectivity index (χ0v) is 16.8. The molecular weight excluding hydrogens is 390 g/mol. The Morgan fingerprint density at radius 3 is 2.45 bits per heavy atom. The van der Waals surface area contributed by atoms with Crippen molar-refractivity contribution in [3.8, 4) is 16.9 Å². The molecule has 0 heterocycles. The lowest BCUT2D eigenvalue weighted by Crippen LogP contribution is -2.03. The molecule has 0 aromatic heterocycles. The van der Waals surface area contributed by atoms with Gasteiger partial charge in [-0.05, 0) is 57.3 Å². The molecule has 0 atom stereocenters. The van der Waals surface area contributed by atoms with Gasteiger partial charge >= 0.3 is 5.97 Å². The number of rotatable bonds is 8. The number of benzene rings is 4. The van der Waals surface area contributed by atoms with Crippen LogP contribution in [0.2, 0.25) is 0 Å². The summed E-state index contributed by atoms with van der Waals surface area (Å²) in [6.07, 6.45) is 1.49. The number of aliphatic carboxylic acids is 1. The molecule has 5 heteroatoms. The molecule has 4 aromatic rings. The largest absolute Gasteiger partial charge is 0.489 e. The van der Waals surface area contributed by atoms with Crippen LogP contribution in [0.15, 0.2) is 96.2 Å². The number of carboxylic acids is 1. The van der Waals surface area contributed by atoms with Crippen LogP contribution in [0.25, 0.3) is 21.9 Å². The minimum atomic E-state index is -1.06. The van der Waals surface area contributed by atoms with Gasteiger partial charge < -0.3 is 14.7 Å².